The minimum absolute atomic E-state index is 0.106. The SMILES string of the molecule is COc1ncc(-c2cc([C@H]3C[C@@H]3c3cnc4c(c3)N(CC(F)(F)F)CC4(C)C)c3nccn3n2)c(OC)n1. The van der Waals surface area contributed by atoms with Crippen molar-refractivity contribution in [3.63, 3.8) is 0 Å². The van der Waals surface area contributed by atoms with Crippen LogP contribution in [0.25, 0.3) is 16.9 Å². The van der Waals surface area contributed by atoms with E-state index in [0.717, 1.165) is 23.2 Å². The predicted octanol–water partition coefficient (Wildman–Crippen LogP) is 4.53. The number of halogens is 3. The lowest BCUT2D eigenvalue weighted by molar-refractivity contribution is -0.119. The Morgan fingerprint density at radius 1 is 1.05 bits per heavy atom. The summed E-state index contributed by atoms with van der Waals surface area (Å²) in [7, 11) is 3.00. The average molecular weight is 526 g/mol. The van der Waals surface area contributed by atoms with Crippen LogP contribution in [0.3, 0.4) is 0 Å². The lowest BCUT2D eigenvalue weighted by atomic mass is 9.91. The molecule has 6 rings (SSSR count). The maximum absolute atomic E-state index is 13.3. The van der Waals surface area contributed by atoms with Crippen molar-refractivity contribution in [2.45, 2.75) is 43.7 Å². The molecule has 1 aliphatic carbocycles. The number of nitrogens with zero attached hydrogens (tertiary/aromatic N) is 7. The van der Waals surface area contributed by atoms with Gasteiger partial charge in [0.25, 0.3) is 0 Å². The van der Waals surface area contributed by atoms with Gasteiger partial charge in [-0.3, -0.25) is 4.98 Å². The van der Waals surface area contributed by atoms with Gasteiger partial charge < -0.3 is 14.4 Å². The minimum atomic E-state index is -4.29. The molecule has 1 fully saturated rings. The van der Waals surface area contributed by atoms with Crippen LogP contribution in [0, 0.1) is 0 Å². The number of fused-ring (bicyclic) bond motifs is 2. The number of aromatic nitrogens is 6. The number of hydrogen-bond acceptors (Lipinski definition) is 8. The first-order valence-electron chi connectivity index (χ1n) is 12.2. The molecule has 2 aliphatic rings. The number of pyridine rings is 1. The Morgan fingerprint density at radius 3 is 2.61 bits per heavy atom. The van der Waals surface area contributed by atoms with E-state index in [-0.39, 0.29) is 24.4 Å². The quantitative estimate of drug-likeness (QED) is 0.363. The van der Waals surface area contributed by atoms with Crippen molar-refractivity contribution in [1.82, 2.24) is 29.5 Å². The van der Waals surface area contributed by atoms with Gasteiger partial charge in [0.05, 0.1) is 36.9 Å². The van der Waals surface area contributed by atoms with Gasteiger partial charge >= 0.3 is 12.2 Å². The number of hydrogen-bond donors (Lipinski definition) is 0. The molecule has 0 aromatic carbocycles. The summed E-state index contributed by atoms with van der Waals surface area (Å²) in [5, 5.41) is 4.67. The topological polar surface area (TPSA) is 90.6 Å². The molecule has 198 valence electrons. The summed E-state index contributed by atoms with van der Waals surface area (Å²) in [6.07, 6.45) is 3.40. The van der Waals surface area contributed by atoms with E-state index in [2.05, 4.69) is 25.0 Å². The molecule has 9 nitrogen and oxygen atoms in total. The van der Waals surface area contributed by atoms with Crippen molar-refractivity contribution in [3.05, 3.63) is 53.7 Å². The maximum atomic E-state index is 13.3. The Labute approximate surface area is 216 Å². The molecule has 5 heterocycles. The van der Waals surface area contributed by atoms with Crippen molar-refractivity contribution < 1.29 is 22.6 Å². The van der Waals surface area contributed by atoms with Gasteiger partial charge in [-0.15, -0.1) is 0 Å². The second-order valence-electron chi connectivity index (χ2n) is 10.4. The van der Waals surface area contributed by atoms with Crippen LogP contribution in [0.2, 0.25) is 0 Å². The molecule has 2 atom stereocenters. The van der Waals surface area contributed by atoms with E-state index in [0.29, 0.717) is 28.5 Å². The van der Waals surface area contributed by atoms with Crippen LogP contribution in [-0.4, -0.2) is 63.0 Å². The number of rotatable bonds is 6. The van der Waals surface area contributed by atoms with Crippen molar-refractivity contribution in [2.24, 2.45) is 0 Å². The molecule has 0 N–H and O–H groups in total. The summed E-state index contributed by atoms with van der Waals surface area (Å²) >= 11 is 0. The molecule has 0 unspecified atom stereocenters. The normalized spacial score (nSPS) is 20.0. The molecule has 4 aromatic rings. The Morgan fingerprint density at radius 2 is 1.87 bits per heavy atom. The lowest BCUT2D eigenvalue weighted by Gasteiger charge is -2.23. The smallest absolute Gasteiger partial charge is 0.405 e. The van der Waals surface area contributed by atoms with E-state index in [1.165, 1.54) is 19.1 Å². The number of anilines is 1. The van der Waals surface area contributed by atoms with Crippen molar-refractivity contribution in [1.29, 1.82) is 0 Å². The van der Waals surface area contributed by atoms with E-state index in [9.17, 15) is 13.2 Å². The first-order valence-corrected chi connectivity index (χ1v) is 12.2. The van der Waals surface area contributed by atoms with Crippen LogP contribution in [0.5, 0.6) is 11.9 Å². The van der Waals surface area contributed by atoms with Gasteiger partial charge in [0.2, 0.25) is 5.88 Å². The van der Waals surface area contributed by atoms with Gasteiger partial charge in [-0.25, -0.2) is 14.5 Å². The molecule has 1 saturated carbocycles. The van der Waals surface area contributed by atoms with Gasteiger partial charge in [-0.05, 0) is 36.0 Å². The van der Waals surface area contributed by atoms with Gasteiger partial charge in [-0.2, -0.15) is 23.3 Å². The van der Waals surface area contributed by atoms with Gasteiger partial charge in [0, 0.05) is 42.3 Å². The highest BCUT2D eigenvalue weighted by Crippen LogP contribution is 2.56. The maximum Gasteiger partial charge on any atom is 0.405 e. The highest BCUT2D eigenvalue weighted by Gasteiger charge is 2.45. The van der Waals surface area contributed by atoms with E-state index in [1.54, 1.807) is 23.1 Å². The zero-order valence-corrected chi connectivity index (χ0v) is 21.3. The van der Waals surface area contributed by atoms with Crippen LogP contribution < -0.4 is 14.4 Å². The number of alkyl halides is 3. The number of methoxy groups -OCH3 is 2. The van der Waals surface area contributed by atoms with Crippen LogP contribution in [0.15, 0.2) is 36.9 Å². The minimum Gasteiger partial charge on any atom is -0.480 e. The van der Waals surface area contributed by atoms with Crippen LogP contribution >= 0.6 is 0 Å². The third kappa shape index (κ3) is 4.17. The lowest BCUT2D eigenvalue weighted by Crippen LogP contribution is -2.36. The summed E-state index contributed by atoms with van der Waals surface area (Å²) in [5.74, 6) is 0.545. The van der Waals surface area contributed by atoms with E-state index in [4.69, 9.17) is 9.47 Å². The summed E-state index contributed by atoms with van der Waals surface area (Å²) in [6.45, 7) is 3.15. The molecule has 12 heteroatoms. The Bertz CT molecular complexity index is 1530. The van der Waals surface area contributed by atoms with Crippen molar-refractivity contribution in [3.8, 4) is 23.1 Å². The number of imidazole rings is 1. The summed E-state index contributed by atoms with van der Waals surface area (Å²) < 4.78 is 52.2. The van der Waals surface area contributed by atoms with Gasteiger partial charge in [0.1, 0.15) is 6.54 Å². The van der Waals surface area contributed by atoms with Crippen LogP contribution in [0.1, 0.15) is 48.9 Å². The summed E-state index contributed by atoms with van der Waals surface area (Å²) in [6, 6.07) is 4.03. The molecule has 0 amide bonds. The third-order valence-electron chi connectivity index (χ3n) is 7.22. The zero-order valence-electron chi connectivity index (χ0n) is 21.3. The second kappa shape index (κ2) is 8.53. The summed E-state index contributed by atoms with van der Waals surface area (Å²) in [4.78, 5) is 19.0. The molecule has 38 heavy (non-hydrogen) atoms. The fourth-order valence-corrected chi connectivity index (χ4v) is 5.46. The average Bonchev–Trinajstić information content (AvgIpc) is 3.46. The van der Waals surface area contributed by atoms with Crippen LogP contribution in [0.4, 0.5) is 18.9 Å². The number of ether oxygens (including phenoxy) is 2. The Kier molecular flexibility index (Phi) is 5.48. The summed E-state index contributed by atoms with van der Waals surface area (Å²) in [5.41, 5.74) is 4.66. The Hall–Kier alpha value is -3.96. The highest BCUT2D eigenvalue weighted by molar-refractivity contribution is 5.68. The zero-order chi connectivity index (χ0) is 26.8. The molecule has 1 aliphatic heterocycles. The molecular weight excluding hydrogens is 499 g/mol. The van der Waals surface area contributed by atoms with E-state index < -0.39 is 18.1 Å². The molecule has 0 bridgehead atoms. The molecule has 4 aromatic heterocycles. The first kappa shape index (κ1) is 24.4. The molecular formula is C26H26F3N7O2. The van der Waals surface area contributed by atoms with Crippen molar-refractivity contribution >= 4 is 11.3 Å². The Balaban J connectivity index is 1.36. The van der Waals surface area contributed by atoms with Crippen LogP contribution in [-0.2, 0) is 5.41 Å². The standard InChI is InChI=1S/C26H26F3N7O2/c1-25(2)12-35(13-26(27,28)29)20-7-14(10-31-21(20)25)15-8-16(15)17-9-19(34-36-6-5-30-22(17)36)18-11-32-24(38-4)33-23(18)37-3/h5-7,9-11,15-16H,8,12-13H2,1-4H3/t15-,16+/m1/s1. The highest BCUT2D eigenvalue weighted by atomic mass is 19.4. The third-order valence-corrected chi connectivity index (χ3v) is 7.22. The molecule has 0 spiro atoms. The first-order chi connectivity index (χ1) is 18.1. The van der Waals surface area contributed by atoms with E-state index in [1.807, 2.05) is 32.2 Å². The second-order valence-corrected chi connectivity index (χ2v) is 10.4. The fraction of sp³-hybridized carbons (Fsp3) is 0.423. The van der Waals surface area contributed by atoms with Crippen molar-refractivity contribution in [2.75, 3.05) is 32.2 Å². The predicted molar refractivity (Wildman–Crippen MR) is 133 cm³/mol. The monoisotopic (exact) mass is 525 g/mol. The fourth-order valence-electron chi connectivity index (χ4n) is 5.46. The largest absolute Gasteiger partial charge is 0.480 e. The molecule has 0 saturated heterocycles. The van der Waals surface area contributed by atoms with Gasteiger partial charge in [-0.1, -0.05) is 13.8 Å². The van der Waals surface area contributed by atoms with E-state index >= 15 is 0 Å². The molecule has 0 radical (unpaired) electrons. The van der Waals surface area contributed by atoms with Gasteiger partial charge in [0.15, 0.2) is 5.65 Å².